The maximum Gasteiger partial charge on any atom is 0.326 e. The Morgan fingerprint density at radius 1 is 1.43 bits per heavy atom. The fourth-order valence-electron chi connectivity index (χ4n) is 2.19. The number of carbonyl (C=O) groups is 1. The van der Waals surface area contributed by atoms with E-state index in [9.17, 15) is 9.59 Å². The Labute approximate surface area is 129 Å². The SMILES string of the molecule is CCCC(N)C(=O)NCCn1c(=O)[nH]c2ccccc21.Cl. The van der Waals surface area contributed by atoms with Gasteiger partial charge >= 0.3 is 5.69 Å². The van der Waals surface area contributed by atoms with Gasteiger partial charge in [0.25, 0.3) is 0 Å². The van der Waals surface area contributed by atoms with Crippen molar-refractivity contribution in [1.82, 2.24) is 14.9 Å². The molecule has 0 saturated heterocycles. The van der Waals surface area contributed by atoms with Crippen LogP contribution in [0.1, 0.15) is 19.8 Å². The number of benzene rings is 1. The Kier molecular flexibility index (Phi) is 6.45. The molecule has 0 aliphatic carbocycles. The number of carbonyl (C=O) groups excluding carboxylic acids is 1. The Hall–Kier alpha value is -1.79. The monoisotopic (exact) mass is 312 g/mol. The number of nitrogens with one attached hydrogen (secondary N) is 2. The number of hydrogen-bond acceptors (Lipinski definition) is 3. The molecule has 1 unspecified atom stereocenters. The lowest BCUT2D eigenvalue weighted by Gasteiger charge is -2.11. The van der Waals surface area contributed by atoms with E-state index in [-0.39, 0.29) is 24.0 Å². The fraction of sp³-hybridized carbons (Fsp3) is 0.429. The molecule has 1 atom stereocenters. The van der Waals surface area contributed by atoms with Gasteiger partial charge in [-0.3, -0.25) is 9.36 Å². The molecular weight excluding hydrogens is 292 g/mol. The first-order valence-electron chi connectivity index (χ1n) is 6.84. The van der Waals surface area contributed by atoms with E-state index < -0.39 is 6.04 Å². The Morgan fingerprint density at radius 2 is 2.14 bits per heavy atom. The number of fused-ring (bicyclic) bond motifs is 1. The fourth-order valence-corrected chi connectivity index (χ4v) is 2.19. The number of amides is 1. The molecule has 0 spiro atoms. The van der Waals surface area contributed by atoms with Gasteiger partial charge in [0.05, 0.1) is 17.1 Å². The zero-order valence-electron chi connectivity index (χ0n) is 12.0. The smallest absolute Gasteiger partial charge is 0.326 e. The van der Waals surface area contributed by atoms with Crippen LogP contribution in [0.4, 0.5) is 0 Å². The molecule has 0 fully saturated rings. The first-order chi connectivity index (χ1) is 9.63. The van der Waals surface area contributed by atoms with E-state index >= 15 is 0 Å². The highest BCUT2D eigenvalue weighted by molar-refractivity contribution is 5.85. The highest BCUT2D eigenvalue weighted by atomic mass is 35.5. The van der Waals surface area contributed by atoms with Crippen LogP contribution >= 0.6 is 12.4 Å². The van der Waals surface area contributed by atoms with Gasteiger partial charge in [0, 0.05) is 13.1 Å². The molecule has 0 aliphatic rings. The van der Waals surface area contributed by atoms with Gasteiger partial charge in [-0.1, -0.05) is 25.5 Å². The van der Waals surface area contributed by atoms with Crippen molar-refractivity contribution in [3.8, 4) is 0 Å². The van der Waals surface area contributed by atoms with Crippen LogP contribution < -0.4 is 16.7 Å². The lowest BCUT2D eigenvalue weighted by molar-refractivity contribution is -0.122. The summed E-state index contributed by atoms with van der Waals surface area (Å²) in [6.07, 6.45) is 1.54. The first-order valence-corrected chi connectivity index (χ1v) is 6.84. The normalized spacial score (nSPS) is 11.9. The van der Waals surface area contributed by atoms with E-state index in [0.29, 0.717) is 19.5 Å². The Bertz CT molecular complexity index is 650. The summed E-state index contributed by atoms with van der Waals surface area (Å²) in [4.78, 5) is 26.3. The number of aromatic nitrogens is 2. The van der Waals surface area contributed by atoms with Gasteiger partial charge in [0.2, 0.25) is 5.91 Å². The predicted molar refractivity (Wildman–Crippen MR) is 85.7 cm³/mol. The molecule has 2 rings (SSSR count). The van der Waals surface area contributed by atoms with Gasteiger partial charge in [-0.2, -0.15) is 0 Å². The second-order valence-corrected chi connectivity index (χ2v) is 4.79. The van der Waals surface area contributed by atoms with Crippen LogP contribution in [0.5, 0.6) is 0 Å². The van der Waals surface area contributed by atoms with Crippen molar-refractivity contribution in [3.63, 3.8) is 0 Å². The average molecular weight is 313 g/mol. The van der Waals surface area contributed by atoms with Gasteiger partial charge in [-0.05, 0) is 18.6 Å². The molecule has 21 heavy (non-hydrogen) atoms. The number of nitrogens with zero attached hydrogens (tertiary/aromatic N) is 1. The second kappa shape index (κ2) is 7.85. The molecule has 0 radical (unpaired) electrons. The van der Waals surface area contributed by atoms with E-state index in [1.54, 1.807) is 4.57 Å². The summed E-state index contributed by atoms with van der Waals surface area (Å²) >= 11 is 0. The Morgan fingerprint density at radius 3 is 2.86 bits per heavy atom. The van der Waals surface area contributed by atoms with E-state index in [1.165, 1.54) is 0 Å². The van der Waals surface area contributed by atoms with Crippen LogP contribution in [0.25, 0.3) is 11.0 Å². The molecular formula is C14H21ClN4O2. The maximum atomic E-state index is 11.8. The number of para-hydroxylation sites is 2. The number of hydrogen-bond donors (Lipinski definition) is 3. The molecule has 0 bridgehead atoms. The van der Waals surface area contributed by atoms with Crippen molar-refractivity contribution < 1.29 is 4.79 Å². The number of halogens is 1. The van der Waals surface area contributed by atoms with Crippen LogP contribution in [0.3, 0.4) is 0 Å². The molecule has 1 amide bonds. The topological polar surface area (TPSA) is 92.9 Å². The highest BCUT2D eigenvalue weighted by Crippen LogP contribution is 2.08. The van der Waals surface area contributed by atoms with Gasteiger partial charge in [-0.25, -0.2) is 4.79 Å². The summed E-state index contributed by atoms with van der Waals surface area (Å²) in [5, 5.41) is 2.76. The average Bonchev–Trinajstić information content (AvgIpc) is 2.75. The van der Waals surface area contributed by atoms with Crippen LogP contribution in [-0.4, -0.2) is 28.0 Å². The minimum atomic E-state index is -0.473. The van der Waals surface area contributed by atoms with E-state index in [1.807, 2.05) is 31.2 Å². The third kappa shape index (κ3) is 4.09. The third-order valence-corrected chi connectivity index (χ3v) is 3.25. The van der Waals surface area contributed by atoms with Crippen molar-refractivity contribution in [1.29, 1.82) is 0 Å². The molecule has 0 aliphatic heterocycles. The van der Waals surface area contributed by atoms with Crippen molar-refractivity contribution >= 4 is 29.3 Å². The molecule has 116 valence electrons. The van der Waals surface area contributed by atoms with Crippen LogP contribution in [0.15, 0.2) is 29.1 Å². The number of rotatable bonds is 6. The number of H-pyrrole nitrogens is 1. The van der Waals surface area contributed by atoms with Gasteiger partial charge in [0.15, 0.2) is 0 Å². The lowest BCUT2D eigenvalue weighted by Crippen LogP contribution is -2.42. The van der Waals surface area contributed by atoms with Crippen molar-refractivity contribution in [2.75, 3.05) is 6.54 Å². The second-order valence-electron chi connectivity index (χ2n) is 4.79. The summed E-state index contributed by atoms with van der Waals surface area (Å²) in [5.41, 5.74) is 7.19. The molecule has 0 saturated carbocycles. The standard InChI is InChI=1S/C14H20N4O2.ClH/c1-2-5-10(15)13(19)16-8-9-18-12-7-4-3-6-11(12)17-14(18)20;/h3-4,6-7,10H,2,5,8-9,15H2,1H3,(H,16,19)(H,17,20);1H. The van der Waals surface area contributed by atoms with Crippen LogP contribution in [-0.2, 0) is 11.3 Å². The minimum absolute atomic E-state index is 0. The zero-order chi connectivity index (χ0) is 14.5. The minimum Gasteiger partial charge on any atom is -0.353 e. The maximum absolute atomic E-state index is 11.8. The van der Waals surface area contributed by atoms with E-state index in [0.717, 1.165) is 17.5 Å². The highest BCUT2D eigenvalue weighted by Gasteiger charge is 2.12. The molecule has 2 aromatic rings. The third-order valence-electron chi connectivity index (χ3n) is 3.25. The Balaban J connectivity index is 0.00000220. The molecule has 4 N–H and O–H groups in total. The van der Waals surface area contributed by atoms with Crippen molar-refractivity contribution in [2.45, 2.75) is 32.4 Å². The van der Waals surface area contributed by atoms with Crippen molar-refractivity contribution in [3.05, 3.63) is 34.7 Å². The molecule has 7 heteroatoms. The summed E-state index contributed by atoms with van der Waals surface area (Å²) in [6.45, 7) is 2.80. The number of imidazole rings is 1. The van der Waals surface area contributed by atoms with Crippen molar-refractivity contribution in [2.24, 2.45) is 5.73 Å². The van der Waals surface area contributed by atoms with Gasteiger partial charge in [0.1, 0.15) is 0 Å². The van der Waals surface area contributed by atoms with Gasteiger partial charge in [-0.15, -0.1) is 12.4 Å². The summed E-state index contributed by atoms with van der Waals surface area (Å²) < 4.78 is 1.61. The number of aromatic amines is 1. The van der Waals surface area contributed by atoms with Crippen LogP contribution in [0.2, 0.25) is 0 Å². The lowest BCUT2D eigenvalue weighted by atomic mass is 10.2. The molecule has 1 aromatic heterocycles. The summed E-state index contributed by atoms with van der Waals surface area (Å²) in [5.74, 6) is -0.167. The molecule has 1 aromatic carbocycles. The van der Waals surface area contributed by atoms with Crippen LogP contribution in [0, 0.1) is 0 Å². The molecule has 6 nitrogen and oxygen atoms in total. The summed E-state index contributed by atoms with van der Waals surface area (Å²) in [6, 6.07) is 7.00. The van der Waals surface area contributed by atoms with Gasteiger partial charge < -0.3 is 16.0 Å². The van der Waals surface area contributed by atoms with E-state index in [2.05, 4.69) is 10.3 Å². The first kappa shape index (κ1) is 17.3. The summed E-state index contributed by atoms with van der Waals surface area (Å²) in [7, 11) is 0. The largest absolute Gasteiger partial charge is 0.353 e. The van der Waals surface area contributed by atoms with E-state index in [4.69, 9.17) is 5.73 Å². The molecule has 1 heterocycles. The quantitative estimate of drug-likeness (QED) is 0.742. The number of nitrogens with two attached hydrogens (primary N) is 1. The zero-order valence-corrected chi connectivity index (χ0v) is 12.8. The predicted octanol–water partition coefficient (Wildman–Crippen LogP) is 0.995.